The largest absolute Gasteiger partial charge is 0.459 e. The molecule has 6 nitrogen and oxygen atoms in total. The minimum Gasteiger partial charge on any atom is -0.459 e. The first-order chi connectivity index (χ1) is 10.2. The van der Waals surface area contributed by atoms with E-state index in [1.807, 2.05) is 0 Å². The third-order valence-electron chi connectivity index (χ3n) is 3.70. The molecule has 0 radical (unpaired) electrons. The summed E-state index contributed by atoms with van der Waals surface area (Å²) in [6.45, 7) is 4.68. The Balaban J connectivity index is 2.39. The summed E-state index contributed by atoms with van der Waals surface area (Å²) in [5, 5.41) is 10.7. The molecule has 6 heteroatoms. The van der Waals surface area contributed by atoms with Crippen LogP contribution in [0.1, 0.15) is 43.1 Å². The van der Waals surface area contributed by atoms with Crippen LogP contribution in [0.5, 0.6) is 0 Å². The van der Waals surface area contributed by atoms with E-state index in [9.17, 15) is 19.7 Å². The highest BCUT2D eigenvalue weighted by Gasteiger charge is 2.54. The molecule has 0 saturated heterocycles. The highest BCUT2D eigenvalue weighted by atomic mass is 16.6. The number of ketones is 1. The fraction of sp³-hybridized carbons (Fsp3) is 0.500. The molecule has 0 amide bonds. The first kappa shape index (κ1) is 16.1. The van der Waals surface area contributed by atoms with Gasteiger partial charge in [-0.3, -0.25) is 19.7 Å². The highest BCUT2D eigenvalue weighted by Crippen LogP contribution is 2.41. The Hall–Kier alpha value is -2.24. The van der Waals surface area contributed by atoms with Crippen LogP contribution in [0, 0.1) is 15.5 Å². The van der Waals surface area contributed by atoms with Crippen molar-refractivity contribution in [2.75, 3.05) is 6.54 Å². The van der Waals surface area contributed by atoms with Crippen molar-refractivity contribution in [3.05, 3.63) is 45.5 Å². The lowest BCUT2D eigenvalue weighted by Gasteiger charge is -2.29. The van der Waals surface area contributed by atoms with Crippen LogP contribution >= 0.6 is 0 Å². The number of hydrogen-bond donors (Lipinski definition) is 0. The van der Waals surface area contributed by atoms with Crippen molar-refractivity contribution in [3.63, 3.8) is 0 Å². The third-order valence-corrected chi connectivity index (χ3v) is 3.70. The molecular formula is C16H19NO5. The molecule has 0 N–H and O–H groups in total. The van der Waals surface area contributed by atoms with Crippen molar-refractivity contribution >= 4 is 11.8 Å². The summed E-state index contributed by atoms with van der Waals surface area (Å²) in [6, 6.07) is 6.92. The van der Waals surface area contributed by atoms with Crippen molar-refractivity contribution in [2.45, 2.75) is 39.2 Å². The molecule has 0 heterocycles. The number of esters is 1. The predicted molar refractivity (Wildman–Crippen MR) is 79.2 cm³/mol. The maximum atomic E-state index is 12.7. The summed E-state index contributed by atoms with van der Waals surface area (Å²) in [5.74, 6) is -1.05. The van der Waals surface area contributed by atoms with Crippen molar-refractivity contribution < 1.29 is 19.2 Å². The second kappa shape index (κ2) is 5.51. The monoisotopic (exact) mass is 305 g/mol. The number of rotatable bonds is 4. The van der Waals surface area contributed by atoms with Gasteiger partial charge in [-0.25, -0.2) is 0 Å². The lowest BCUT2D eigenvalue weighted by Crippen LogP contribution is -2.43. The first-order valence-electron chi connectivity index (χ1n) is 7.14. The van der Waals surface area contributed by atoms with Crippen LogP contribution < -0.4 is 0 Å². The zero-order valence-corrected chi connectivity index (χ0v) is 12.9. The third kappa shape index (κ3) is 3.00. The highest BCUT2D eigenvalue weighted by molar-refractivity contribution is 6.16. The minimum absolute atomic E-state index is 0.150. The molecule has 1 aromatic rings. The second-order valence-corrected chi connectivity index (χ2v) is 6.55. The van der Waals surface area contributed by atoms with Gasteiger partial charge in [-0.15, -0.1) is 0 Å². The average molecular weight is 305 g/mol. The summed E-state index contributed by atoms with van der Waals surface area (Å²) in [4.78, 5) is 35.6. The van der Waals surface area contributed by atoms with E-state index in [2.05, 4.69) is 0 Å². The van der Waals surface area contributed by atoms with E-state index in [-0.39, 0.29) is 18.6 Å². The Morgan fingerprint density at radius 1 is 1.36 bits per heavy atom. The lowest BCUT2D eigenvalue weighted by molar-refractivity contribution is -0.482. The molecule has 1 aliphatic rings. The number of nitrogens with zero attached hydrogens (tertiary/aromatic N) is 1. The van der Waals surface area contributed by atoms with Crippen LogP contribution in [-0.4, -0.2) is 28.8 Å². The fourth-order valence-electron chi connectivity index (χ4n) is 2.69. The zero-order chi connectivity index (χ0) is 16.5. The van der Waals surface area contributed by atoms with Crippen molar-refractivity contribution in [3.8, 4) is 0 Å². The van der Waals surface area contributed by atoms with Crippen LogP contribution in [0.2, 0.25) is 0 Å². The molecule has 0 bridgehead atoms. The van der Waals surface area contributed by atoms with Crippen LogP contribution in [0.4, 0.5) is 0 Å². The SMILES string of the molecule is CC(C)(C)OC(=O)[C@]1(CC[N+](=O)[O-])Cc2ccccc2C1=O. The average Bonchev–Trinajstić information content (AvgIpc) is 2.69. The van der Waals surface area contributed by atoms with Crippen LogP contribution in [0.3, 0.4) is 0 Å². The van der Waals surface area contributed by atoms with Crippen LogP contribution in [0.15, 0.2) is 24.3 Å². The molecule has 0 spiro atoms. The molecule has 1 atom stereocenters. The van der Waals surface area contributed by atoms with Gasteiger partial charge < -0.3 is 4.74 Å². The normalized spacial score (nSPS) is 20.6. The molecule has 0 aromatic heterocycles. The van der Waals surface area contributed by atoms with Gasteiger partial charge in [0.25, 0.3) is 0 Å². The summed E-state index contributed by atoms with van der Waals surface area (Å²) in [6.07, 6.45) is 0.00713. The molecule has 0 aliphatic heterocycles. The van der Waals surface area contributed by atoms with Gasteiger partial charge in [0.05, 0.1) is 0 Å². The van der Waals surface area contributed by atoms with E-state index in [1.165, 1.54) is 0 Å². The Bertz CT molecular complexity index is 632. The maximum Gasteiger partial charge on any atom is 0.321 e. The van der Waals surface area contributed by atoms with E-state index < -0.39 is 28.5 Å². The number of carbonyl (C=O) groups excluding carboxylic acids is 2. The summed E-state index contributed by atoms with van der Waals surface area (Å²) >= 11 is 0. The summed E-state index contributed by atoms with van der Waals surface area (Å²) < 4.78 is 5.38. The van der Waals surface area contributed by atoms with Crippen molar-refractivity contribution in [1.29, 1.82) is 0 Å². The number of benzene rings is 1. The second-order valence-electron chi connectivity index (χ2n) is 6.55. The molecule has 22 heavy (non-hydrogen) atoms. The van der Waals surface area contributed by atoms with E-state index in [4.69, 9.17) is 4.74 Å². The van der Waals surface area contributed by atoms with E-state index >= 15 is 0 Å². The molecule has 118 valence electrons. The summed E-state index contributed by atoms with van der Waals surface area (Å²) in [5.41, 5.74) is -1.05. The van der Waals surface area contributed by atoms with Crippen molar-refractivity contribution in [2.24, 2.45) is 5.41 Å². The Kier molecular flexibility index (Phi) is 4.04. The van der Waals surface area contributed by atoms with Gasteiger partial charge in [-0.1, -0.05) is 24.3 Å². The van der Waals surface area contributed by atoms with Crippen LogP contribution in [0.25, 0.3) is 0 Å². The van der Waals surface area contributed by atoms with Gasteiger partial charge >= 0.3 is 5.97 Å². The van der Waals surface area contributed by atoms with Gasteiger partial charge in [-0.2, -0.15) is 0 Å². The summed E-state index contributed by atoms with van der Waals surface area (Å²) in [7, 11) is 0. The number of nitro groups is 1. The van der Waals surface area contributed by atoms with E-state index in [0.717, 1.165) is 5.56 Å². The Morgan fingerprint density at radius 2 is 2.00 bits per heavy atom. The minimum atomic E-state index is -1.48. The van der Waals surface area contributed by atoms with Gasteiger partial charge in [0.1, 0.15) is 11.0 Å². The molecular weight excluding hydrogens is 286 g/mol. The molecule has 1 aliphatic carbocycles. The van der Waals surface area contributed by atoms with Gasteiger partial charge in [-0.05, 0) is 32.8 Å². The zero-order valence-electron chi connectivity index (χ0n) is 12.9. The van der Waals surface area contributed by atoms with Gasteiger partial charge in [0.2, 0.25) is 6.54 Å². The first-order valence-corrected chi connectivity index (χ1v) is 7.14. The topological polar surface area (TPSA) is 86.5 Å². The number of ether oxygens (including phenoxy) is 1. The van der Waals surface area contributed by atoms with Crippen molar-refractivity contribution in [1.82, 2.24) is 0 Å². The number of hydrogen-bond acceptors (Lipinski definition) is 5. The molecule has 0 saturated carbocycles. The number of Topliss-reactive ketones (excluding diaryl/α,β-unsaturated/α-hetero) is 1. The predicted octanol–water partition coefficient (Wildman–Crippen LogP) is 2.42. The maximum absolute atomic E-state index is 12.7. The Labute approximate surface area is 128 Å². The van der Waals surface area contributed by atoms with Gasteiger partial charge in [0.15, 0.2) is 5.78 Å². The number of fused-ring (bicyclic) bond motifs is 1. The van der Waals surface area contributed by atoms with E-state index in [1.54, 1.807) is 45.0 Å². The fourth-order valence-corrected chi connectivity index (χ4v) is 2.69. The Morgan fingerprint density at radius 3 is 2.55 bits per heavy atom. The number of carbonyl (C=O) groups is 2. The van der Waals surface area contributed by atoms with Crippen LogP contribution in [-0.2, 0) is 16.0 Å². The molecule has 0 fully saturated rings. The van der Waals surface area contributed by atoms with Gasteiger partial charge in [0, 0.05) is 16.9 Å². The molecule has 1 aromatic carbocycles. The standard InChI is InChI=1S/C16H19NO5/c1-15(2,3)22-14(19)16(8-9-17(20)21)10-11-6-4-5-7-12(11)13(16)18/h4-7H,8-10H2,1-3H3/t16-/m1/s1. The smallest absolute Gasteiger partial charge is 0.321 e. The lowest BCUT2D eigenvalue weighted by atomic mass is 9.80. The van der Waals surface area contributed by atoms with E-state index in [0.29, 0.717) is 5.56 Å². The molecule has 0 unspecified atom stereocenters. The molecule has 2 rings (SSSR count). The quantitative estimate of drug-likeness (QED) is 0.369.